The fourth-order valence-corrected chi connectivity index (χ4v) is 1.45. The van der Waals surface area contributed by atoms with E-state index in [-0.39, 0.29) is 0 Å². The molecule has 0 amide bonds. The van der Waals surface area contributed by atoms with Crippen LogP contribution < -0.4 is 5.73 Å². The van der Waals surface area contributed by atoms with Crippen molar-refractivity contribution >= 4 is 17.4 Å². The smallest absolute Gasteiger partial charge is 0.153 e. The van der Waals surface area contributed by atoms with Crippen molar-refractivity contribution in [1.29, 1.82) is 0 Å². The average molecular weight is 208 g/mol. The van der Waals surface area contributed by atoms with Gasteiger partial charge < -0.3 is 5.73 Å². The van der Waals surface area contributed by atoms with E-state index >= 15 is 0 Å². The highest BCUT2D eigenvalue weighted by molar-refractivity contribution is 6.29. The van der Waals surface area contributed by atoms with Gasteiger partial charge in [0, 0.05) is 6.07 Å². The molecule has 0 aliphatic heterocycles. The summed E-state index contributed by atoms with van der Waals surface area (Å²) < 4.78 is 1.61. The summed E-state index contributed by atoms with van der Waals surface area (Å²) in [5, 5.41) is 4.47. The molecule has 1 heterocycles. The predicted molar refractivity (Wildman–Crippen MR) is 57.7 cm³/mol. The second-order valence-electron chi connectivity index (χ2n) is 3.14. The molecule has 2 aromatic rings. The highest BCUT2D eigenvalue weighted by Crippen LogP contribution is 2.17. The molecule has 3 nitrogen and oxygen atoms in total. The zero-order valence-corrected chi connectivity index (χ0v) is 8.49. The lowest BCUT2D eigenvalue weighted by Crippen LogP contribution is -2.01. The number of hydrogen-bond acceptors (Lipinski definition) is 2. The second-order valence-corrected chi connectivity index (χ2v) is 3.53. The third kappa shape index (κ3) is 1.59. The van der Waals surface area contributed by atoms with E-state index in [0.29, 0.717) is 11.0 Å². The molecular formula is C10H10ClN3. The van der Waals surface area contributed by atoms with Crippen LogP contribution in [-0.2, 0) is 0 Å². The Labute approximate surface area is 87.1 Å². The number of benzene rings is 1. The molecule has 1 aromatic heterocycles. The van der Waals surface area contributed by atoms with Crippen LogP contribution in [0.2, 0.25) is 5.15 Å². The lowest BCUT2D eigenvalue weighted by molar-refractivity contribution is 0.891. The maximum atomic E-state index is 5.73. The van der Waals surface area contributed by atoms with Crippen LogP contribution in [0.15, 0.2) is 30.3 Å². The maximum Gasteiger partial charge on any atom is 0.153 e. The fourth-order valence-electron chi connectivity index (χ4n) is 1.26. The van der Waals surface area contributed by atoms with E-state index in [1.54, 1.807) is 10.7 Å². The van der Waals surface area contributed by atoms with Crippen LogP contribution in [0.4, 0.5) is 5.82 Å². The number of aryl methyl sites for hydroxylation is 1. The lowest BCUT2D eigenvalue weighted by atomic mass is 10.2. The first-order valence-corrected chi connectivity index (χ1v) is 4.63. The summed E-state index contributed by atoms with van der Waals surface area (Å²) in [7, 11) is 0. The largest absolute Gasteiger partial charge is 0.384 e. The van der Waals surface area contributed by atoms with Crippen LogP contribution in [-0.4, -0.2) is 9.78 Å². The second kappa shape index (κ2) is 3.35. The molecule has 0 fully saturated rings. The average Bonchev–Trinajstić information content (AvgIpc) is 2.47. The Kier molecular flexibility index (Phi) is 2.17. The number of nitrogen functional groups attached to an aromatic ring is 1. The molecule has 0 bridgehead atoms. The standard InChI is InChI=1S/C10H10ClN3/c1-7-2-4-8(5-3-7)14-10(12)6-9(11)13-14/h2-6H,12H2,1H3. The monoisotopic (exact) mass is 207 g/mol. The molecule has 14 heavy (non-hydrogen) atoms. The maximum absolute atomic E-state index is 5.73. The summed E-state index contributed by atoms with van der Waals surface area (Å²) in [6, 6.07) is 9.54. The van der Waals surface area contributed by atoms with Crippen LogP contribution in [0, 0.1) is 6.92 Å². The van der Waals surface area contributed by atoms with E-state index < -0.39 is 0 Å². The van der Waals surface area contributed by atoms with E-state index in [2.05, 4.69) is 5.10 Å². The summed E-state index contributed by atoms with van der Waals surface area (Å²) in [6.07, 6.45) is 0. The van der Waals surface area contributed by atoms with Crippen LogP contribution in [0.3, 0.4) is 0 Å². The Balaban J connectivity index is 2.49. The van der Waals surface area contributed by atoms with Gasteiger partial charge in [-0.1, -0.05) is 29.3 Å². The van der Waals surface area contributed by atoms with Gasteiger partial charge in [0.1, 0.15) is 5.82 Å². The van der Waals surface area contributed by atoms with Crippen LogP contribution >= 0.6 is 11.6 Å². The van der Waals surface area contributed by atoms with E-state index in [1.165, 1.54) is 5.56 Å². The zero-order valence-electron chi connectivity index (χ0n) is 7.74. The first kappa shape index (κ1) is 9.09. The Bertz CT molecular complexity index is 445. The van der Waals surface area contributed by atoms with E-state index in [4.69, 9.17) is 17.3 Å². The molecule has 0 atom stereocenters. The van der Waals surface area contributed by atoms with Gasteiger partial charge in [0.05, 0.1) is 5.69 Å². The van der Waals surface area contributed by atoms with Gasteiger partial charge >= 0.3 is 0 Å². The molecule has 2 N–H and O–H groups in total. The fraction of sp³-hybridized carbons (Fsp3) is 0.100. The molecule has 0 saturated heterocycles. The molecule has 1 aromatic carbocycles. The summed E-state index contributed by atoms with van der Waals surface area (Å²) >= 11 is 5.73. The van der Waals surface area contributed by atoms with Crippen LogP contribution in [0.5, 0.6) is 0 Å². The van der Waals surface area contributed by atoms with Crippen molar-refractivity contribution in [3.05, 3.63) is 41.0 Å². The molecule has 0 spiro atoms. The van der Waals surface area contributed by atoms with Crippen molar-refractivity contribution in [2.75, 3.05) is 5.73 Å². The number of nitrogens with zero attached hydrogens (tertiary/aromatic N) is 2. The first-order valence-electron chi connectivity index (χ1n) is 4.25. The highest BCUT2D eigenvalue weighted by Gasteiger charge is 2.04. The van der Waals surface area contributed by atoms with Crippen LogP contribution in [0.1, 0.15) is 5.56 Å². The van der Waals surface area contributed by atoms with Gasteiger partial charge in [0.2, 0.25) is 0 Å². The molecule has 0 radical (unpaired) electrons. The Morgan fingerprint density at radius 3 is 2.43 bits per heavy atom. The van der Waals surface area contributed by atoms with Gasteiger partial charge in [-0.15, -0.1) is 0 Å². The quantitative estimate of drug-likeness (QED) is 0.781. The topological polar surface area (TPSA) is 43.8 Å². The SMILES string of the molecule is Cc1ccc(-n2nc(Cl)cc2N)cc1. The van der Waals surface area contributed by atoms with Crippen molar-refractivity contribution in [3.63, 3.8) is 0 Å². The van der Waals surface area contributed by atoms with Gasteiger partial charge in [-0.25, -0.2) is 4.68 Å². The summed E-state index contributed by atoms with van der Waals surface area (Å²) in [5.74, 6) is 0.541. The number of halogens is 1. The number of hydrogen-bond donors (Lipinski definition) is 1. The minimum atomic E-state index is 0.406. The van der Waals surface area contributed by atoms with Gasteiger partial charge in [-0.05, 0) is 19.1 Å². The van der Waals surface area contributed by atoms with Gasteiger partial charge in [0.25, 0.3) is 0 Å². The third-order valence-electron chi connectivity index (χ3n) is 1.99. The predicted octanol–water partition coefficient (Wildman–Crippen LogP) is 2.42. The molecular weight excluding hydrogens is 198 g/mol. The Morgan fingerprint density at radius 1 is 1.29 bits per heavy atom. The molecule has 0 aliphatic rings. The van der Waals surface area contributed by atoms with Gasteiger partial charge in [-0.3, -0.25) is 0 Å². The summed E-state index contributed by atoms with van der Waals surface area (Å²) in [6.45, 7) is 2.03. The van der Waals surface area contributed by atoms with Gasteiger partial charge in [-0.2, -0.15) is 5.10 Å². The lowest BCUT2D eigenvalue weighted by Gasteiger charge is -2.03. The Morgan fingerprint density at radius 2 is 1.93 bits per heavy atom. The third-order valence-corrected chi connectivity index (χ3v) is 2.17. The van der Waals surface area contributed by atoms with Crippen molar-refractivity contribution in [3.8, 4) is 5.69 Å². The van der Waals surface area contributed by atoms with Crippen molar-refractivity contribution < 1.29 is 0 Å². The number of aromatic nitrogens is 2. The Hall–Kier alpha value is -1.48. The molecule has 0 saturated carbocycles. The molecule has 0 aliphatic carbocycles. The van der Waals surface area contributed by atoms with Gasteiger partial charge in [0.15, 0.2) is 5.15 Å². The summed E-state index contributed by atoms with van der Waals surface area (Å²) in [4.78, 5) is 0. The van der Waals surface area contributed by atoms with Crippen molar-refractivity contribution in [2.24, 2.45) is 0 Å². The van der Waals surface area contributed by atoms with E-state index in [9.17, 15) is 0 Å². The van der Waals surface area contributed by atoms with E-state index in [1.807, 2.05) is 31.2 Å². The van der Waals surface area contributed by atoms with Crippen LogP contribution in [0.25, 0.3) is 5.69 Å². The minimum absolute atomic E-state index is 0.406. The molecule has 4 heteroatoms. The first-order chi connectivity index (χ1) is 6.66. The van der Waals surface area contributed by atoms with Crippen molar-refractivity contribution in [1.82, 2.24) is 9.78 Å². The summed E-state index contributed by atoms with van der Waals surface area (Å²) in [5.41, 5.74) is 7.84. The zero-order chi connectivity index (χ0) is 10.1. The highest BCUT2D eigenvalue weighted by atomic mass is 35.5. The minimum Gasteiger partial charge on any atom is -0.384 e. The number of nitrogens with two attached hydrogens (primary N) is 1. The van der Waals surface area contributed by atoms with E-state index in [0.717, 1.165) is 5.69 Å². The molecule has 0 unspecified atom stereocenters. The normalized spacial score (nSPS) is 10.4. The molecule has 72 valence electrons. The van der Waals surface area contributed by atoms with Crippen molar-refractivity contribution in [2.45, 2.75) is 6.92 Å². The molecule has 2 rings (SSSR count). The number of anilines is 1. The number of rotatable bonds is 1.